The van der Waals surface area contributed by atoms with E-state index in [-0.39, 0.29) is 11.8 Å². The quantitative estimate of drug-likeness (QED) is 0.569. The average Bonchev–Trinajstić information content (AvgIpc) is 2.98. The van der Waals surface area contributed by atoms with Crippen molar-refractivity contribution in [1.82, 2.24) is 4.31 Å². The lowest BCUT2D eigenvalue weighted by molar-refractivity contribution is 0.394. The lowest BCUT2D eigenvalue weighted by atomic mass is 10.1. The number of hydrogen-bond donors (Lipinski definition) is 0. The molecule has 1 unspecified atom stereocenters. The zero-order valence-corrected chi connectivity index (χ0v) is 13.9. The van der Waals surface area contributed by atoms with Crippen LogP contribution in [-0.2, 0) is 10.0 Å². The topological polar surface area (TPSA) is 46.6 Å². The van der Waals surface area contributed by atoms with Gasteiger partial charge >= 0.3 is 0 Å². The van der Waals surface area contributed by atoms with Crippen molar-refractivity contribution in [2.75, 3.05) is 25.3 Å². The molecule has 0 spiro atoms. The largest absolute Gasteiger partial charge is 0.497 e. The molecule has 0 radical (unpaired) electrons. The van der Waals surface area contributed by atoms with Gasteiger partial charge in [-0.05, 0) is 43.4 Å². The van der Waals surface area contributed by atoms with Crippen molar-refractivity contribution in [3.05, 3.63) is 29.8 Å². The first-order chi connectivity index (χ1) is 10.1. The van der Waals surface area contributed by atoms with Crippen molar-refractivity contribution in [3.63, 3.8) is 0 Å². The lowest BCUT2D eigenvalue weighted by Gasteiger charge is -2.24. The number of methoxy groups -OCH3 is 1. The molecule has 1 atom stereocenters. The Morgan fingerprint density at radius 2 is 2.00 bits per heavy atom. The molecule has 1 aliphatic heterocycles. The Bertz CT molecular complexity index is 545. The van der Waals surface area contributed by atoms with Crippen molar-refractivity contribution in [2.24, 2.45) is 0 Å². The zero-order valence-electron chi connectivity index (χ0n) is 12.3. The predicted octanol–water partition coefficient (Wildman–Crippen LogP) is 3.18. The number of unbranched alkanes of at least 4 members (excludes halogenated alkanes) is 1. The molecular formula is C15H22ClNO3S. The summed E-state index contributed by atoms with van der Waals surface area (Å²) in [5, 5.41) is 0. The smallest absolute Gasteiger partial charge is 0.214 e. The van der Waals surface area contributed by atoms with Crippen molar-refractivity contribution in [2.45, 2.75) is 31.7 Å². The molecule has 6 heteroatoms. The highest BCUT2D eigenvalue weighted by molar-refractivity contribution is 7.89. The Morgan fingerprint density at radius 1 is 1.29 bits per heavy atom. The number of rotatable bonds is 7. The number of hydrogen-bond acceptors (Lipinski definition) is 3. The van der Waals surface area contributed by atoms with E-state index in [0.717, 1.165) is 30.6 Å². The molecule has 0 amide bonds. The Hall–Kier alpha value is -0.780. The summed E-state index contributed by atoms with van der Waals surface area (Å²) in [6.07, 6.45) is 3.14. The predicted molar refractivity (Wildman–Crippen MR) is 85.4 cm³/mol. The summed E-state index contributed by atoms with van der Waals surface area (Å²) in [4.78, 5) is 0. The highest BCUT2D eigenvalue weighted by atomic mass is 35.5. The van der Waals surface area contributed by atoms with Gasteiger partial charge in [0.15, 0.2) is 0 Å². The van der Waals surface area contributed by atoms with Crippen molar-refractivity contribution >= 4 is 21.6 Å². The van der Waals surface area contributed by atoms with E-state index in [1.807, 2.05) is 24.3 Å². The van der Waals surface area contributed by atoms with Crippen molar-refractivity contribution in [3.8, 4) is 5.75 Å². The van der Waals surface area contributed by atoms with Gasteiger partial charge in [0.1, 0.15) is 5.75 Å². The van der Waals surface area contributed by atoms with E-state index in [0.29, 0.717) is 18.8 Å². The van der Waals surface area contributed by atoms with Crippen LogP contribution in [0.5, 0.6) is 5.75 Å². The summed E-state index contributed by atoms with van der Waals surface area (Å²) in [6, 6.07) is 7.63. The monoisotopic (exact) mass is 331 g/mol. The summed E-state index contributed by atoms with van der Waals surface area (Å²) in [5.41, 5.74) is 1.04. The molecular weight excluding hydrogens is 310 g/mol. The highest BCUT2D eigenvalue weighted by Gasteiger charge is 2.34. The van der Waals surface area contributed by atoms with Gasteiger partial charge in [0.2, 0.25) is 10.0 Å². The second-order valence-electron chi connectivity index (χ2n) is 5.25. The first-order valence-electron chi connectivity index (χ1n) is 7.28. The second kappa shape index (κ2) is 7.47. The van der Waals surface area contributed by atoms with Gasteiger partial charge < -0.3 is 4.74 Å². The SMILES string of the molecule is COc1ccc(C2CCCN2S(=O)(=O)CCCCCl)cc1. The number of sulfonamides is 1. The van der Waals surface area contributed by atoms with Gasteiger partial charge in [-0.1, -0.05) is 12.1 Å². The van der Waals surface area contributed by atoms with E-state index in [1.54, 1.807) is 11.4 Å². The molecule has 0 bridgehead atoms. The molecule has 2 rings (SSSR count). The van der Waals surface area contributed by atoms with E-state index in [1.165, 1.54) is 0 Å². The Morgan fingerprint density at radius 3 is 2.62 bits per heavy atom. The van der Waals surface area contributed by atoms with Crippen LogP contribution in [-0.4, -0.2) is 38.0 Å². The molecule has 1 aromatic rings. The third-order valence-electron chi connectivity index (χ3n) is 3.85. The van der Waals surface area contributed by atoms with Crippen LogP contribution in [0.2, 0.25) is 0 Å². The van der Waals surface area contributed by atoms with Gasteiger partial charge in [0, 0.05) is 18.5 Å². The molecule has 0 N–H and O–H groups in total. The number of benzene rings is 1. The van der Waals surface area contributed by atoms with E-state index in [9.17, 15) is 8.42 Å². The summed E-state index contributed by atoms with van der Waals surface area (Å²) in [6.45, 7) is 0.611. The summed E-state index contributed by atoms with van der Waals surface area (Å²) in [5.74, 6) is 1.48. The van der Waals surface area contributed by atoms with Gasteiger partial charge in [-0.3, -0.25) is 0 Å². The number of nitrogens with zero attached hydrogens (tertiary/aromatic N) is 1. The third kappa shape index (κ3) is 4.11. The van der Waals surface area contributed by atoms with E-state index < -0.39 is 10.0 Å². The molecule has 0 aromatic heterocycles. The van der Waals surface area contributed by atoms with Gasteiger partial charge in [-0.15, -0.1) is 11.6 Å². The molecule has 1 saturated heterocycles. The minimum Gasteiger partial charge on any atom is -0.497 e. The standard InChI is InChI=1S/C15H22ClNO3S/c1-20-14-8-6-13(7-9-14)15-5-4-11-17(15)21(18,19)12-3-2-10-16/h6-9,15H,2-5,10-12H2,1H3. The van der Waals surface area contributed by atoms with Gasteiger partial charge in [-0.2, -0.15) is 4.31 Å². The van der Waals surface area contributed by atoms with E-state index in [2.05, 4.69) is 0 Å². The lowest BCUT2D eigenvalue weighted by Crippen LogP contribution is -2.32. The van der Waals surface area contributed by atoms with Crippen LogP contribution in [0.25, 0.3) is 0 Å². The van der Waals surface area contributed by atoms with Crippen LogP contribution in [0.15, 0.2) is 24.3 Å². The first-order valence-corrected chi connectivity index (χ1v) is 9.42. The van der Waals surface area contributed by atoms with Gasteiger partial charge in [0.25, 0.3) is 0 Å². The van der Waals surface area contributed by atoms with Crippen LogP contribution < -0.4 is 4.74 Å². The van der Waals surface area contributed by atoms with Crippen molar-refractivity contribution in [1.29, 1.82) is 0 Å². The minimum atomic E-state index is -3.20. The summed E-state index contributed by atoms with van der Waals surface area (Å²) < 4.78 is 31.7. The zero-order chi connectivity index (χ0) is 15.3. The van der Waals surface area contributed by atoms with Crippen LogP contribution in [0.4, 0.5) is 0 Å². The number of ether oxygens (including phenoxy) is 1. The van der Waals surface area contributed by atoms with Crippen LogP contribution in [0, 0.1) is 0 Å². The van der Waals surface area contributed by atoms with E-state index >= 15 is 0 Å². The minimum absolute atomic E-state index is 0.0445. The fourth-order valence-electron chi connectivity index (χ4n) is 2.73. The maximum absolute atomic E-state index is 12.5. The Labute approximate surface area is 132 Å². The van der Waals surface area contributed by atoms with E-state index in [4.69, 9.17) is 16.3 Å². The molecule has 21 heavy (non-hydrogen) atoms. The third-order valence-corrected chi connectivity index (χ3v) is 6.07. The molecule has 0 saturated carbocycles. The number of alkyl halides is 1. The molecule has 118 valence electrons. The Kier molecular flexibility index (Phi) is 5.90. The Balaban J connectivity index is 2.11. The van der Waals surface area contributed by atoms with Crippen molar-refractivity contribution < 1.29 is 13.2 Å². The average molecular weight is 332 g/mol. The van der Waals surface area contributed by atoms with Gasteiger partial charge in [0.05, 0.1) is 12.9 Å². The summed E-state index contributed by atoms with van der Waals surface area (Å²) >= 11 is 5.62. The molecule has 1 heterocycles. The normalized spacial score (nSPS) is 19.8. The first kappa shape index (κ1) is 16.6. The molecule has 1 fully saturated rings. The van der Waals surface area contributed by atoms with Crippen LogP contribution >= 0.6 is 11.6 Å². The van der Waals surface area contributed by atoms with Crippen LogP contribution in [0.1, 0.15) is 37.3 Å². The molecule has 4 nitrogen and oxygen atoms in total. The fourth-order valence-corrected chi connectivity index (χ4v) is 4.74. The molecule has 0 aliphatic carbocycles. The maximum Gasteiger partial charge on any atom is 0.214 e. The number of halogens is 1. The van der Waals surface area contributed by atoms with Crippen LogP contribution in [0.3, 0.4) is 0 Å². The second-order valence-corrected chi connectivity index (χ2v) is 7.67. The maximum atomic E-state index is 12.5. The molecule has 1 aromatic carbocycles. The fraction of sp³-hybridized carbons (Fsp3) is 0.600. The highest BCUT2D eigenvalue weighted by Crippen LogP contribution is 2.35. The van der Waals surface area contributed by atoms with Gasteiger partial charge in [-0.25, -0.2) is 8.42 Å². The molecule has 1 aliphatic rings. The summed E-state index contributed by atoms with van der Waals surface area (Å²) in [7, 11) is -1.58.